The molecule has 0 N–H and O–H groups in total. The maximum Gasteiger partial charge on any atom is -0.0512 e. The van der Waals surface area contributed by atoms with E-state index in [0.717, 1.165) is 6.42 Å². The van der Waals surface area contributed by atoms with Crippen LogP contribution in [0.5, 0.6) is 0 Å². The summed E-state index contributed by atoms with van der Waals surface area (Å²) in [6.07, 6.45) is 12.0. The van der Waals surface area contributed by atoms with Gasteiger partial charge in [-0.25, -0.2) is 12.1 Å². The molecular weight excluding hydrogens is 522 g/mol. The summed E-state index contributed by atoms with van der Waals surface area (Å²) in [6.45, 7) is 15.8. The molecule has 0 radical (unpaired) electrons. The number of hydrogen-bond acceptors (Lipinski definition) is 0. The molecule has 3 heteroatoms. The molecule has 2 aliphatic rings. The number of hydrogen-bond donors (Lipinski definition) is 0. The third kappa shape index (κ3) is 10.7. The van der Waals surface area contributed by atoms with E-state index in [4.69, 9.17) is 0 Å². The molecule has 0 bridgehead atoms. The van der Waals surface area contributed by atoms with Crippen molar-refractivity contribution in [3.63, 3.8) is 0 Å². The Morgan fingerprint density at radius 1 is 0.879 bits per heavy atom. The van der Waals surface area contributed by atoms with Crippen LogP contribution in [-0.4, -0.2) is 3.21 Å². The maximum atomic E-state index is 3.34. The van der Waals surface area contributed by atoms with E-state index in [2.05, 4.69) is 103 Å². The quantitative estimate of drug-likeness (QED) is 0.468. The molecule has 4 rings (SSSR count). The van der Waals surface area contributed by atoms with Gasteiger partial charge >= 0.3 is 70.3 Å². The molecular formula is C30H40Cl2Zr-2. The van der Waals surface area contributed by atoms with Crippen molar-refractivity contribution in [3.8, 4) is 0 Å². The van der Waals surface area contributed by atoms with E-state index in [-0.39, 0.29) is 30.2 Å². The standard InChI is InChI=1S/C13H21.C9H11.C8H8.2ClH.Zr/c1-12(2,3)10-8-7-9-11(10)13(4,5)6;1-2-5-9-7-3-6-8(9)4-1;1-2-8-6-4-3-5-7-8;;;/h8H,9H2,1-6H3;3,6-7H,1-2,4-5H2;3-7H,1H3;2*1H;/q2*-1;;;;+2/p-2. The molecule has 0 aromatic heterocycles. The monoisotopic (exact) mass is 560 g/mol. The van der Waals surface area contributed by atoms with Gasteiger partial charge in [0, 0.05) is 0 Å². The summed E-state index contributed by atoms with van der Waals surface area (Å²) in [5.74, 6) is 0. The summed E-state index contributed by atoms with van der Waals surface area (Å²) in [5, 5.41) is 0. The van der Waals surface area contributed by atoms with Crippen molar-refractivity contribution in [1.29, 1.82) is 0 Å². The van der Waals surface area contributed by atoms with Crippen LogP contribution in [0.4, 0.5) is 0 Å². The van der Waals surface area contributed by atoms with Crippen molar-refractivity contribution in [2.24, 2.45) is 10.8 Å². The first kappa shape index (κ1) is 32.4. The van der Waals surface area contributed by atoms with E-state index in [1.54, 1.807) is 16.7 Å². The minimum atomic E-state index is 0. The largest absolute Gasteiger partial charge is 1.00 e. The summed E-state index contributed by atoms with van der Waals surface area (Å²) in [4.78, 5) is 0. The van der Waals surface area contributed by atoms with Crippen LogP contribution in [0, 0.1) is 16.9 Å². The van der Waals surface area contributed by atoms with Crippen molar-refractivity contribution in [3.05, 3.63) is 88.5 Å². The minimum absolute atomic E-state index is 0. The normalized spacial score (nSPS) is 14.6. The fraction of sp³-hybridized carbons (Fsp3) is 0.467. The molecule has 33 heavy (non-hydrogen) atoms. The van der Waals surface area contributed by atoms with Crippen LogP contribution in [0.15, 0.2) is 65.8 Å². The Morgan fingerprint density at radius 2 is 1.48 bits per heavy atom. The van der Waals surface area contributed by atoms with Crippen LogP contribution < -0.4 is 24.8 Å². The predicted molar refractivity (Wildman–Crippen MR) is 133 cm³/mol. The molecule has 0 spiro atoms. The fourth-order valence-electron chi connectivity index (χ4n) is 4.08. The molecule has 0 fully saturated rings. The van der Waals surface area contributed by atoms with E-state index in [9.17, 15) is 0 Å². The van der Waals surface area contributed by atoms with E-state index in [1.807, 2.05) is 6.07 Å². The molecule has 0 amide bonds. The van der Waals surface area contributed by atoms with Gasteiger partial charge in [0.1, 0.15) is 0 Å². The molecule has 2 aromatic rings. The number of allylic oxidation sites excluding steroid dienone is 4. The first-order chi connectivity index (χ1) is 14.5. The Balaban J connectivity index is 0.000000461. The van der Waals surface area contributed by atoms with Crippen LogP contribution in [-0.2, 0) is 37.1 Å². The second-order valence-electron chi connectivity index (χ2n) is 10.7. The van der Waals surface area contributed by atoms with Gasteiger partial charge in [-0.3, -0.25) is 6.08 Å². The minimum Gasteiger partial charge on any atom is -1.00 e. The Kier molecular flexibility index (Phi) is 14.4. The Bertz CT molecular complexity index is 882. The SMILES string of the molecule is CC(C)(C)C1=C(C(C)(C)C)C[C-]=C1.C[C](=[Zr+2])c1ccccc1.[Cl-].[Cl-].c1cc2c([cH-]1)CCCC2. The van der Waals surface area contributed by atoms with Gasteiger partial charge in [0.05, 0.1) is 0 Å². The van der Waals surface area contributed by atoms with Crippen LogP contribution >= 0.6 is 0 Å². The predicted octanol–water partition coefficient (Wildman–Crippen LogP) is 2.20. The molecule has 0 saturated heterocycles. The van der Waals surface area contributed by atoms with Gasteiger partial charge in [-0.05, 0) is 5.41 Å². The number of benzene rings is 1. The average Bonchev–Trinajstić information content (AvgIpc) is 3.39. The number of halogens is 2. The summed E-state index contributed by atoms with van der Waals surface area (Å²) in [7, 11) is 0. The van der Waals surface area contributed by atoms with Crippen LogP contribution in [0.2, 0.25) is 0 Å². The van der Waals surface area contributed by atoms with Crippen molar-refractivity contribution >= 4 is 3.21 Å². The molecule has 0 nitrogen and oxygen atoms in total. The summed E-state index contributed by atoms with van der Waals surface area (Å²) in [6, 6.07) is 17.2. The average molecular weight is 563 g/mol. The maximum absolute atomic E-state index is 3.34. The number of aryl methyl sites for hydroxylation is 2. The molecule has 0 atom stereocenters. The van der Waals surface area contributed by atoms with Crippen molar-refractivity contribution < 1.29 is 49.0 Å². The molecule has 2 aliphatic carbocycles. The zero-order valence-corrected chi connectivity index (χ0v) is 25.5. The number of rotatable bonds is 1. The molecule has 180 valence electrons. The summed E-state index contributed by atoms with van der Waals surface area (Å²) >= 11 is 1.51. The Morgan fingerprint density at radius 3 is 1.94 bits per heavy atom. The molecule has 2 aromatic carbocycles. The van der Waals surface area contributed by atoms with Gasteiger partial charge in [-0.15, -0.1) is 6.42 Å². The third-order valence-electron chi connectivity index (χ3n) is 5.92. The second kappa shape index (κ2) is 14.7. The fourth-order valence-corrected chi connectivity index (χ4v) is 4.49. The third-order valence-corrected chi connectivity index (χ3v) is 6.63. The van der Waals surface area contributed by atoms with Gasteiger partial charge in [0.15, 0.2) is 0 Å². The van der Waals surface area contributed by atoms with Crippen molar-refractivity contribution in [1.82, 2.24) is 0 Å². The first-order valence-corrected chi connectivity index (χ1v) is 12.9. The van der Waals surface area contributed by atoms with Crippen LogP contribution in [0.3, 0.4) is 0 Å². The van der Waals surface area contributed by atoms with E-state index in [0.29, 0.717) is 5.41 Å². The van der Waals surface area contributed by atoms with Crippen LogP contribution in [0.1, 0.15) is 84.4 Å². The zero-order valence-electron chi connectivity index (χ0n) is 21.5. The van der Waals surface area contributed by atoms with Gasteiger partial charge in [-0.2, -0.15) is 34.4 Å². The Hall–Kier alpha value is -0.617. The molecule has 0 saturated carbocycles. The smallest absolute Gasteiger partial charge is 0.0512 e. The van der Waals surface area contributed by atoms with Gasteiger partial charge in [-0.1, -0.05) is 72.6 Å². The summed E-state index contributed by atoms with van der Waals surface area (Å²) < 4.78 is 1.46. The summed E-state index contributed by atoms with van der Waals surface area (Å²) in [5.41, 5.74) is 8.17. The van der Waals surface area contributed by atoms with E-state index < -0.39 is 0 Å². The number of fused-ring (bicyclic) bond motifs is 1. The molecule has 0 aliphatic heterocycles. The Labute approximate surface area is 230 Å². The topological polar surface area (TPSA) is 0 Å². The van der Waals surface area contributed by atoms with Gasteiger partial charge in [0.25, 0.3) is 0 Å². The van der Waals surface area contributed by atoms with E-state index in [1.165, 1.54) is 64.3 Å². The first-order valence-electron chi connectivity index (χ1n) is 11.6. The van der Waals surface area contributed by atoms with Gasteiger partial charge in [0.2, 0.25) is 0 Å². The van der Waals surface area contributed by atoms with Gasteiger partial charge < -0.3 is 24.8 Å². The second-order valence-corrected chi connectivity index (χ2v) is 12.5. The van der Waals surface area contributed by atoms with Crippen molar-refractivity contribution in [2.45, 2.75) is 80.6 Å². The van der Waals surface area contributed by atoms with E-state index >= 15 is 0 Å². The van der Waals surface area contributed by atoms with Crippen LogP contribution in [0.25, 0.3) is 0 Å². The van der Waals surface area contributed by atoms with Crippen molar-refractivity contribution in [2.75, 3.05) is 0 Å². The zero-order chi connectivity index (χ0) is 23.1. The molecule has 0 unspecified atom stereocenters. The molecule has 0 heterocycles.